The van der Waals surface area contributed by atoms with Crippen molar-refractivity contribution in [3.8, 4) is 0 Å². The largest absolute Gasteiger partial charge is 0.377 e. The highest BCUT2D eigenvalue weighted by atomic mass is 35.5. The molecule has 1 aliphatic carbocycles. The molecule has 1 aromatic carbocycles. The topological polar surface area (TPSA) is 38.2 Å². The van der Waals surface area contributed by atoms with Crippen LogP contribution in [0.5, 0.6) is 0 Å². The van der Waals surface area contributed by atoms with Gasteiger partial charge in [0.2, 0.25) is 5.28 Å². The predicted octanol–water partition coefficient (Wildman–Crippen LogP) is 3.22. The maximum atomic E-state index is 6.27. The van der Waals surface area contributed by atoms with Crippen LogP contribution in [-0.2, 0) is 21.2 Å². The molecule has 126 valence electrons. The molecule has 0 radical (unpaired) electrons. The molecule has 0 bridgehead atoms. The molecule has 2 heterocycles. The number of morpholine rings is 1. The van der Waals surface area contributed by atoms with Gasteiger partial charge in [0, 0.05) is 37.2 Å². The first-order valence-electron chi connectivity index (χ1n) is 8.34. The van der Waals surface area contributed by atoms with E-state index in [4.69, 9.17) is 16.3 Å². The van der Waals surface area contributed by atoms with E-state index in [1.54, 1.807) is 0 Å². The summed E-state index contributed by atoms with van der Waals surface area (Å²) in [5.74, 6) is 0.926. The molecule has 0 unspecified atom stereocenters. The minimum absolute atomic E-state index is 0.0954. The second-order valence-electron chi connectivity index (χ2n) is 6.48. The van der Waals surface area contributed by atoms with Crippen molar-refractivity contribution in [1.82, 2.24) is 9.97 Å². The Kier molecular flexibility index (Phi) is 4.41. The standard InChI is InChI=1S/C18H20ClN3OS/c1-13-12-23-10-9-22(13)16-11-15(20-17(19)21-16)18(7-8-18)24-14-5-3-2-4-6-14/h2-6,11,13H,7-10,12H2,1H3/p+1/t13-/m0/s1. The smallest absolute Gasteiger partial charge is 0.224 e. The number of nitrogens with zero attached hydrogens (tertiary/aromatic N) is 3. The monoisotopic (exact) mass is 362 g/mol. The number of ether oxygens (including phenoxy) is 1. The third-order valence-corrected chi connectivity index (χ3v) is 6.48. The van der Waals surface area contributed by atoms with Crippen molar-refractivity contribution in [2.24, 2.45) is 0 Å². The van der Waals surface area contributed by atoms with Gasteiger partial charge in [0.15, 0.2) is 9.64 Å². The van der Waals surface area contributed by atoms with Gasteiger partial charge in [-0.15, -0.1) is 0 Å². The van der Waals surface area contributed by atoms with Crippen molar-refractivity contribution in [2.75, 3.05) is 24.7 Å². The van der Waals surface area contributed by atoms with Crippen molar-refractivity contribution < 1.29 is 4.74 Å². The first-order valence-corrected chi connectivity index (χ1v) is 9.61. The van der Waals surface area contributed by atoms with Crippen LogP contribution in [0.2, 0.25) is 5.28 Å². The Hall–Kier alpha value is -1.30. The fourth-order valence-electron chi connectivity index (χ4n) is 3.15. The van der Waals surface area contributed by atoms with E-state index in [1.165, 1.54) is 16.7 Å². The molecule has 1 saturated heterocycles. The molecule has 4 nitrogen and oxygen atoms in total. The van der Waals surface area contributed by atoms with Gasteiger partial charge in [-0.1, -0.05) is 18.2 Å². The van der Waals surface area contributed by atoms with Crippen LogP contribution in [0, 0.1) is 0 Å². The molecular weight excluding hydrogens is 342 g/mol. The molecular formula is C18H21ClN3OS+. The summed E-state index contributed by atoms with van der Waals surface area (Å²) in [6.45, 7) is 4.46. The minimum atomic E-state index is 0.0954. The van der Waals surface area contributed by atoms with E-state index < -0.39 is 0 Å². The maximum absolute atomic E-state index is 6.27. The lowest BCUT2D eigenvalue weighted by atomic mass is 10.2. The SMILES string of the molecule is C[C@H]1COCCN1c1cc(C2([SH+]c3ccccc3)CC2)nc(Cl)n1. The average Bonchev–Trinajstić information content (AvgIpc) is 3.36. The van der Waals surface area contributed by atoms with Gasteiger partial charge in [0.1, 0.15) is 11.5 Å². The summed E-state index contributed by atoms with van der Waals surface area (Å²) in [5, 5.41) is 0.343. The fourth-order valence-corrected chi connectivity index (χ4v) is 4.71. The molecule has 4 rings (SSSR count). The third-order valence-electron chi connectivity index (χ3n) is 4.65. The zero-order chi connectivity index (χ0) is 16.6. The van der Waals surface area contributed by atoms with E-state index in [2.05, 4.69) is 58.2 Å². The van der Waals surface area contributed by atoms with Crippen molar-refractivity contribution in [1.29, 1.82) is 0 Å². The highest BCUT2D eigenvalue weighted by Crippen LogP contribution is 2.51. The van der Waals surface area contributed by atoms with Gasteiger partial charge >= 0.3 is 0 Å². The fraction of sp³-hybridized carbons (Fsp3) is 0.444. The molecule has 2 aromatic rings. The number of halogens is 1. The first kappa shape index (κ1) is 16.2. The molecule has 0 spiro atoms. The van der Waals surface area contributed by atoms with Gasteiger partial charge in [0.05, 0.1) is 19.3 Å². The molecule has 1 aliphatic heterocycles. The van der Waals surface area contributed by atoms with Gasteiger partial charge < -0.3 is 9.64 Å². The highest BCUT2D eigenvalue weighted by molar-refractivity contribution is 7.80. The summed E-state index contributed by atoms with van der Waals surface area (Å²) >= 11 is 7.57. The van der Waals surface area contributed by atoms with E-state index in [-0.39, 0.29) is 4.75 Å². The normalized spacial score (nSPS) is 22.4. The lowest BCUT2D eigenvalue weighted by Crippen LogP contribution is -2.44. The Labute approximate surface area is 151 Å². The molecule has 0 N–H and O–H groups in total. The van der Waals surface area contributed by atoms with Crippen molar-refractivity contribution >= 4 is 29.2 Å². The number of aromatic nitrogens is 2. The van der Waals surface area contributed by atoms with Crippen LogP contribution in [0.4, 0.5) is 5.82 Å². The van der Waals surface area contributed by atoms with E-state index in [1.807, 2.05) is 0 Å². The van der Waals surface area contributed by atoms with E-state index in [0.29, 0.717) is 11.3 Å². The summed E-state index contributed by atoms with van der Waals surface area (Å²) in [6.07, 6.45) is 2.30. The Morgan fingerprint density at radius 1 is 1.25 bits per heavy atom. The molecule has 0 amide bonds. The lowest BCUT2D eigenvalue weighted by Gasteiger charge is -2.34. The van der Waals surface area contributed by atoms with Crippen LogP contribution in [0.3, 0.4) is 0 Å². The lowest BCUT2D eigenvalue weighted by molar-refractivity contribution is 0.0985. The van der Waals surface area contributed by atoms with Crippen molar-refractivity contribution in [2.45, 2.75) is 35.4 Å². The Balaban J connectivity index is 1.63. The van der Waals surface area contributed by atoms with Gasteiger partial charge in [-0.05, 0) is 30.7 Å². The molecule has 1 saturated carbocycles. The molecule has 2 aliphatic rings. The highest BCUT2D eigenvalue weighted by Gasteiger charge is 2.55. The number of thiol groups is 1. The predicted molar refractivity (Wildman–Crippen MR) is 99.0 cm³/mol. The van der Waals surface area contributed by atoms with Gasteiger partial charge in [-0.3, -0.25) is 0 Å². The number of rotatable bonds is 4. The van der Waals surface area contributed by atoms with Crippen molar-refractivity contribution in [3.05, 3.63) is 47.4 Å². The second-order valence-corrected chi connectivity index (χ2v) is 8.41. The van der Waals surface area contributed by atoms with Crippen LogP contribution in [-0.4, -0.2) is 35.8 Å². The molecule has 24 heavy (non-hydrogen) atoms. The Morgan fingerprint density at radius 3 is 2.75 bits per heavy atom. The van der Waals surface area contributed by atoms with Gasteiger partial charge in [0.25, 0.3) is 0 Å². The van der Waals surface area contributed by atoms with Crippen LogP contribution < -0.4 is 4.90 Å². The summed E-state index contributed by atoms with van der Waals surface area (Å²) in [7, 11) is 0. The third kappa shape index (κ3) is 3.25. The number of benzene rings is 1. The van der Waals surface area contributed by atoms with Crippen LogP contribution in [0.25, 0.3) is 0 Å². The average molecular weight is 363 g/mol. The number of anilines is 1. The zero-order valence-electron chi connectivity index (χ0n) is 13.7. The summed E-state index contributed by atoms with van der Waals surface area (Å²) < 4.78 is 5.63. The Bertz CT molecular complexity index is 723. The summed E-state index contributed by atoms with van der Waals surface area (Å²) in [5.41, 5.74) is 1.07. The number of hydrogen-bond donors (Lipinski definition) is 0. The van der Waals surface area contributed by atoms with Crippen molar-refractivity contribution in [3.63, 3.8) is 0 Å². The maximum Gasteiger partial charge on any atom is 0.224 e. The van der Waals surface area contributed by atoms with E-state index in [9.17, 15) is 0 Å². The number of hydrogen-bond acceptors (Lipinski definition) is 4. The molecule has 6 heteroatoms. The first-order chi connectivity index (χ1) is 11.7. The second kappa shape index (κ2) is 6.54. The molecule has 2 fully saturated rings. The van der Waals surface area contributed by atoms with Crippen LogP contribution in [0.1, 0.15) is 25.5 Å². The van der Waals surface area contributed by atoms with E-state index >= 15 is 0 Å². The Morgan fingerprint density at radius 2 is 2.04 bits per heavy atom. The molecule has 1 aromatic heterocycles. The van der Waals surface area contributed by atoms with Crippen LogP contribution >= 0.6 is 11.6 Å². The van der Waals surface area contributed by atoms with Gasteiger partial charge in [-0.25, -0.2) is 9.97 Å². The van der Waals surface area contributed by atoms with Gasteiger partial charge in [-0.2, -0.15) is 0 Å². The quantitative estimate of drug-likeness (QED) is 0.475. The summed E-state index contributed by atoms with van der Waals surface area (Å²) in [6, 6.07) is 13.0. The molecule has 1 atom stereocenters. The summed E-state index contributed by atoms with van der Waals surface area (Å²) in [4.78, 5) is 12.7. The van der Waals surface area contributed by atoms with E-state index in [0.717, 1.165) is 44.1 Å². The minimum Gasteiger partial charge on any atom is -0.377 e. The zero-order valence-corrected chi connectivity index (χ0v) is 15.3. The van der Waals surface area contributed by atoms with Crippen LogP contribution in [0.15, 0.2) is 41.3 Å².